The van der Waals surface area contributed by atoms with Gasteiger partial charge < -0.3 is 15.1 Å². The van der Waals surface area contributed by atoms with Gasteiger partial charge in [-0.2, -0.15) is 0 Å². The first kappa shape index (κ1) is 15.1. The third kappa shape index (κ3) is 3.52. The zero-order valence-corrected chi connectivity index (χ0v) is 13.3. The molecule has 3 rings (SSSR count). The summed E-state index contributed by atoms with van der Waals surface area (Å²) < 4.78 is 0. The van der Waals surface area contributed by atoms with Crippen molar-refractivity contribution in [3.63, 3.8) is 0 Å². The summed E-state index contributed by atoms with van der Waals surface area (Å²) in [4.78, 5) is 32.0. The van der Waals surface area contributed by atoms with Gasteiger partial charge in [-0.15, -0.1) is 0 Å². The lowest BCUT2D eigenvalue weighted by atomic mass is 10.3. The number of aromatic nitrogens is 1. The van der Waals surface area contributed by atoms with Crippen LogP contribution in [-0.2, 0) is 4.79 Å². The lowest BCUT2D eigenvalue weighted by Crippen LogP contribution is -2.28. The van der Waals surface area contributed by atoms with E-state index in [-0.39, 0.29) is 11.1 Å². The van der Waals surface area contributed by atoms with Crippen LogP contribution in [0.25, 0.3) is 0 Å². The third-order valence-corrected chi connectivity index (χ3v) is 4.81. The molecule has 2 amide bonds. The molecule has 0 saturated carbocycles. The highest BCUT2D eigenvalue weighted by atomic mass is 32.2. The predicted octanol–water partition coefficient (Wildman–Crippen LogP) is 2.18. The number of rotatable bonds is 5. The molecule has 2 fully saturated rings. The Bertz CT molecular complexity index is 560. The van der Waals surface area contributed by atoms with Crippen molar-refractivity contribution in [2.45, 2.75) is 19.3 Å². The monoisotopic (exact) mass is 320 g/mol. The van der Waals surface area contributed by atoms with Gasteiger partial charge in [-0.05, 0) is 25.0 Å². The molecule has 1 N–H and O–H groups in total. The summed E-state index contributed by atoms with van der Waals surface area (Å²) in [6.07, 6.45) is 4.40. The number of hydrogen-bond acceptors (Lipinski definition) is 5. The molecule has 2 aliphatic heterocycles. The Balaban J connectivity index is 1.58. The molecular weight excluding hydrogens is 300 g/mol. The van der Waals surface area contributed by atoms with Crippen molar-refractivity contribution in [3.8, 4) is 0 Å². The topological polar surface area (TPSA) is 65.5 Å². The maximum atomic E-state index is 12.1. The molecule has 6 nitrogen and oxygen atoms in total. The van der Waals surface area contributed by atoms with Crippen molar-refractivity contribution in [1.82, 2.24) is 9.88 Å². The fourth-order valence-electron chi connectivity index (χ4n) is 2.75. The highest BCUT2D eigenvalue weighted by Crippen LogP contribution is 2.26. The van der Waals surface area contributed by atoms with E-state index in [1.807, 2.05) is 12.1 Å². The van der Waals surface area contributed by atoms with Gasteiger partial charge in [0.2, 0.25) is 5.91 Å². The zero-order chi connectivity index (χ0) is 15.4. The minimum atomic E-state index is -0.0712. The first-order valence-corrected chi connectivity index (χ1v) is 8.64. The maximum Gasteiger partial charge on any atom is 0.281 e. The zero-order valence-electron chi connectivity index (χ0n) is 12.5. The second-order valence-electron chi connectivity index (χ2n) is 5.47. The summed E-state index contributed by atoms with van der Waals surface area (Å²) in [6.45, 7) is 3.19. The average Bonchev–Trinajstić information content (AvgIpc) is 3.17. The van der Waals surface area contributed by atoms with Crippen LogP contribution in [-0.4, -0.2) is 53.0 Å². The molecule has 2 aliphatic rings. The van der Waals surface area contributed by atoms with Crippen LogP contribution in [0, 0.1) is 0 Å². The van der Waals surface area contributed by atoms with Gasteiger partial charge in [-0.25, -0.2) is 4.98 Å². The van der Waals surface area contributed by atoms with Gasteiger partial charge in [0.15, 0.2) is 5.82 Å². The average molecular weight is 320 g/mol. The number of amides is 2. The second kappa shape index (κ2) is 7.00. The molecule has 3 heterocycles. The van der Waals surface area contributed by atoms with Crippen LogP contribution < -0.4 is 10.2 Å². The molecule has 0 aliphatic carbocycles. The molecule has 0 bridgehead atoms. The van der Waals surface area contributed by atoms with E-state index in [1.165, 1.54) is 24.6 Å². The molecule has 0 aromatic carbocycles. The minimum absolute atomic E-state index is 0.0712. The van der Waals surface area contributed by atoms with E-state index in [0.29, 0.717) is 13.0 Å². The largest absolute Gasteiger partial charge is 0.355 e. The van der Waals surface area contributed by atoms with Gasteiger partial charge in [-0.3, -0.25) is 9.59 Å². The molecule has 1 aromatic rings. The van der Waals surface area contributed by atoms with E-state index in [0.717, 1.165) is 36.9 Å². The van der Waals surface area contributed by atoms with E-state index in [2.05, 4.69) is 15.2 Å². The normalized spacial score (nSPS) is 18.1. The van der Waals surface area contributed by atoms with Gasteiger partial charge in [0.1, 0.15) is 0 Å². The molecular formula is C15H20N4O2S. The van der Waals surface area contributed by atoms with Crippen molar-refractivity contribution in [3.05, 3.63) is 18.3 Å². The molecule has 22 heavy (non-hydrogen) atoms. The Labute approximate surface area is 134 Å². The molecule has 0 unspecified atom stereocenters. The summed E-state index contributed by atoms with van der Waals surface area (Å²) in [5.74, 6) is 1.60. The van der Waals surface area contributed by atoms with E-state index in [9.17, 15) is 9.59 Å². The fraction of sp³-hybridized carbons (Fsp3) is 0.533. The fourth-order valence-corrected chi connectivity index (χ4v) is 3.60. The van der Waals surface area contributed by atoms with Crippen molar-refractivity contribution in [1.29, 1.82) is 0 Å². The van der Waals surface area contributed by atoms with Gasteiger partial charge in [0.25, 0.3) is 5.24 Å². The van der Waals surface area contributed by atoms with Crippen LogP contribution in [0.1, 0.15) is 19.3 Å². The number of carbonyl (C=O) groups is 2. The number of anilines is 2. The van der Waals surface area contributed by atoms with E-state index in [4.69, 9.17) is 0 Å². The first-order chi connectivity index (χ1) is 10.7. The molecule has 0 spiro atoms. The van der Waals surface area contributed by atoms with Gasteiger partial charge in [-0.1, -0.05) is 11.8 Å². The molecule has 118 valence electrons. The van der Waals surface area contributed by atoms with E-state index >= 15 is 0 Å². The second-order valence-corrected chi connectivity index (χ2v) is 6.51. The number of nitrogens with zero attached hydrogens (tertiary/aromatic N) is 3. The molecule has 0 atom stereocenters. The lowest BCUT2D eigenvalue weighted by molar-refractivity contribution is -0.116. The number of thioether (sulfide) groups is 1. The number of pyridine rings is 1. The Hall–Kier alpha value is -1.76. The molecule has 1 aromatic heterocycles. The Morgan fingerprint density at radius 3 is 2.86 bits per heavy atom. The summed E-state index contributed by atoms with van der Waals surface area (Å²) >= 11 is 1.32. The highest BCUT2D eigenvalue weighted by molar-refractivity contribution is 8.13. The molecule has 0 radical (unpaired) electrons. The lowest BCUT2D eigenvalue weighted by Gasteiger charge is -2.20. The van der Waals surface area contributed by atoms with E-state index < -0.39 is 0 Å². The van der Waals surface area contributed by atoms with Crippen LogP contribution in [0.2, 0.25) is 0 Å². The van der Waals surface area contributed by atoms with E-state index in [1.54, 1.807) is 11.1 Å². The van der Waals surface area contributed by atoms with Crippen LogP contribution in [0.4, 0.5) is 16.3 Å². The Morgan fingerprint density at radius 1 is 1.32 bits per heavy atom. The van der Waals surface area contributed by atoms with Crippen LogP contribution in [0.5, 0.6) is 0 Å². The van der Waals surface area contributed by atoms with Crippen molar-refractivity contribution >= 4 is 34.4 Å². The molecule has 7 heteroatoms. The van der Waals surface area contributed by atoms with Crippen molar-refractivity contribution in [2.24, 2.45) is 0 Å². The quantitative estimate of drug-likeness (QED) is 0.901. The summed E-state index contributed by atoms with van der Waals surface area (Å²) in [6, 6.07) is 3.71. The minimum Gasteiger partial charge on any atom is -0.355 e. The van der Waals surface area contributed by atoms with Crippen LogP contribution >= 0.6 is 11.8 Å². The Morgan fingerprint density at radius 2 is 2.14 bits per heavy atom. The summed E-state index contributed by atoms with van der Waals surface area (Å²) in [5, 5.41) is 3.01. The summed E-state index contributed by atoms with van der Waals surface area (Å²) in [7, 11) is 0. The van der Waals surface area contributed by atoms with Gasteiger partial charge >= 0.3 is 0 Å². The predicted molar refractivity (Wildman–Crippen MR) is 88.4 cm³/mol. The SMILES string of the molecule is O=C(CCN1CCSC1=O)Nc1cccnc1N1CCCC1. The summed E-state index contributed by atoms with van der Waals surface area (Å²) in [5.41, 5.74) is 0.761. The van der Waals surface area contributed by atoms with Crippen molar-refractivity contribution in [2.75, 3.05) is 42.1 Å². The third-order valence-electron chi connectivity index (χ3n) is 3.92. The van der Waals surface area contributed by atoms with Crippen LogP contribution in [0.3, 0.4) is 0 Å². The smallest absolute Gasteiger partial charge is 0.281 e. The molecule has 2 saturated heterocycles. The van der Waals surface area contributed by atoms with Crippen LogP contribution in [0.15, 0.2) is 18.3 Å². The van der Waals surface area contributed by atoms with Gasteiger partial charge in [0, 0.05) is 44.5 Å². The standard InChI is InChI=1S/C15H20N4O2S/c20-13(5-9-19-10-11-22-15(19)21)17-12-4-3-6-16-14(12)18-7-1-2-8-18/h3-4,6H,1-2,5,7-11H2,(H,17,20). The first-order valence-electron chi connectivity index (χ1n) is 7.65. The number of nitrogens with one attached hydrogen (secondary N) is 1. The number of carbonyl (C=O) groups excluding carboxylic acids is 2. The van der Waals surface area contributed by atoms with Gasteiger partial charge in [0.05, 0.1) is 5.69 Å². The van der Waals surface area contributed by atoms with Crippen molar-refractivity contribution < 1.29 is 9.59 Å². The Kier molecular flexibility index (Phi) is 4.82. The number of hydrogen-bond donors (Lipinski definition) is 1. The maximum absolute atomic E-state index is 12.1. The highest BCUT2D eigenvalue weighted by Gasteiger charge is 2.22.